The Balaban J connectivity index is -0.0000000753. The van der Waals surface area contributed by atoms with Gasteiger partial charge in [0.05, 0.1) is 11.0 Å². The van der Waals surface area contributed by atoms with Gasteiger partial charge in [0.2, 0.25) is 0 Å². The van der Waals surface area contributed by atoms with Gasteiger partial charge in [0, 0.05) is 12.4 Å². The second-order valence-electron chi connectivity index (χ2n) is 8.45. The number of aromatic nitrogens is 2. The Morgan fingerprint density at radius 1 is 0.388 bits per heavy atom. The van der Waals surface area contributed by atoms with Crippen LogP contribution in [-0.4, -0.2) is 9.97 Å². The molecule has 2 nitrogen and oxygen atoms in total. The van der Waals surface area contributed by atoms with Crippen molar-refractivity contribution >= 4 is 34.0 Å². The number of fused-ring (bicyclic) bond motifs is 1. The number of allylic oxidation sites excluding steroid dienone is 2. The second kappa shape index (κ2) is 42.8. The van der Waals surface area contributed by atoms with Crippen molar-refractivity contribution in [3.63, 3.8) is 0 Å². The van der Waals surface area contributed by atoms with E-state index in [1.165, 1.54) is 55.3 Å². The van der Waals surface area contributed by atoms with Gasteiger partial charge in [-0.2, -0.15) is 0 Å². The number of hydrogen-bond acceptors (Lipinski definition) is 2. The van der Waals surface area contributed by atoms with Gasteiger partial charge in [0.15, 0.2) is 0 Å². The van der Waals surface area contributed by atoms with Gasteiger partial charge in [-0.3, -0.25) is 9.97 Å². The van der Waals surface area contributed by atoms with E-state index in [0.29, 0.717) is 0 Å². The average molecular weight is 681 g/mol. The summed E-state index contributed by atoms with van der Waals surface area (Å²) < 4.78 is 0. The summed E-state index contributed by atoms with van der Waals surface area (Å²) >= 11 is 0. The lowest BCUT2D eigenvalue weighted by molar-refractivity contribution is 1.19. The van der Waals surface area contributed by atoms with Crippen LogP contribution in [-0.2, 0) is 0 Å². The topological polar surface area (TPSA) is 25.8 Å². The van der Waals surface area contributed by atoms with Crippen molar-refractivity contribution in [3.05, 3.63) is 93.3 Å². The summed E-state index contributed by atoms with van der Waals surface area (Å²) in [7, 11) is 0. The molecule has 1 aliphatic rings. The summed E-state index contributed by atoms with van der Waals surface area (Å²) in [6.45, 7) is 44.9. The maximum Gasteiger partial charge on any atom is 0.0921 e. The van der Waals surface area contributed by atoms with E-state index in [1.807, 2.05) is 123 Å². The van der Waals surface area contributed by atoms with E-state index in [0.717, 1.165) is 11.0 Å². The lowest BCUT2D eigenvalue weighted by atomic mass is 9.96. The van der Waals surface area contributed by atoms with Gasteiger partial charge < -0.3 is 0 Å². The van der Waals surface area contributed by atoms with Crippen LogP contribution < -0.4 is 0 Å². The van der Waals surface area contributed by atoms with Crippen LogP contribution in [0.25, 0.3) is 34.0 Å². The zero-order valence-electron chi connectivity index (χ0n) is 34.7. The molecule has 0 bridgehead atoms. The van der Waals surface area contributed by atoms with Crippen LogP contribution in [0.1, 0.15) is 178 Å². The molecule has 0 unspecified atom stereocenters. The Kier molecular flexibility index (Phi) is 56.1. The highest BCUT2D eigenvalue weighted by Crippen LogP contribution is 2.34. The first-order valence-corrected chi connectivity index (χ1v) is 18.3. The second-order valence-corrected chi connectivity index (χ2v) is 8.45. The molecule has 0 saturated carbocycles. The first-order chi connectivity index (χ1) is 22.3. The zero-order chi connectivity index (χ0) is 37.4. The van der Waals surface area contributed by atoms with E-state index in [4.69, 9.17) is 0 Å². The minimum Gasteiger partial charge on any atom is -0.253 e. The molecule has 0 radical (unpaired) electrons. The monoisotopic (exact) mass is 681 g/mol. The minimum atomic E-state index is 0. The summed E-state index contributed by atoms with van der Waals surface area (Å²) in [6.07, 6.45) is 11.9. The molecule has 0 atom stereocenters. The van der Waals surface area contributed by atoms with Crippen molar-refractivity contribution in [3.8, 4) is 0 Å². The Morgan fingerprint density at radius 3 is 0.898 bits per heavy atom. The van der Waals surface area contributed by atoms with E-state index in [1.54, 1.807) is 12.4 Å². The van der Waals surface area contributed by atoms with Gasteiger partial charge in [0.25, 0.3) is 0 Å². The van der Waals surface area contributed by atoms with Gasteiger partial charge in [-0.05, 0) is 111 Å². The van der Waals surface area contributed by atoms with E-state index in [9.17, 15) is 0 Å². The maximum atomic E-state index is 4.38. The molecule has 49 heavy (non-hydrogen) atoms. The fourth-order valence-electron chi connectivity index (χ4n) is 4.19. The van der Waals surface area contributed by atoms with Gasteiger partial charge in [-0.25, -0.2) is 0 Å². The number of rotatable bonds is 0. The van der Waals surface area contributed by atoms with Gasteiger partial charge in [0.1, 0.15) is 0 Å². The molecule has 0 N–H and O–H groups in total. The van der Waals surface area contributed by atoms with Gasteiger partial charge in [-0.15, -0.1) is 0 Å². The minimum absolute atomic E-state index is 0. The van der Waals surface area contributed by atoms with Crippen molar-refractivity contribution in [2.24, 2.45) is 0 Å². The fraction of sp³-hybridized carbons (Fsp3) is 0.532. The third-order valence-corrected chi connectivity index (χ3v) is 6.51. The average Bonchev–Trinajstić information content (AvgIpc) is 3.58. The zero-order valence-corrected chi connectivity index (χ0v) is 34.7. The van der Waals surface area contributed by atoms with Crippen molar-refractivity contribution in [2.75, 3.05) is 0 Å². The molecule has 4 aromatic rings. The largest absolute Gasteiger partial charge is 0.253 e. The molecule has 0 spiro atoms. The van der Waals surface area contributed by atoms with Crippen LogP contribution >= 0.6 is 0 Å². The van der Waals surface area contributed by atoms with E-state index < -0.39 is 0 Å². The fourth-order valence-corrected chi connectivity index (χ4v) is 4.19. The molecule has 3 aromatic carbocycles. The van der Waals surface area contributed by atoms with Gasteiger partial charge in [-0.1, -0.05) is 168 Å². The molecule has 286 valence electrons. The molecule has 2 heteroatoms. The summed E-state index contributed by atoms with van der Waals surface area (Å²) in [5, 5.41) is 2.87. The Bertz CT molecular complexity index is 1240. The molecule has 1 aromatic heterocycles. The SMILES string of the molecule is C.C.C.C/C=C\C.CC.CC.CC.CC.CC.CC.CC.Cc1c(C)c(C)c2nccnc2c1C.Cc1ccc2c3c(ccc(C)c13)C=C2. The summed E-state index contributed by atoms with van der Waals surface area (Å²) in [6, 6.07) is 8.85. The third-order valence-electron chi connectivity index (χ3n) is 6.51. The third kappa shape index (κ3) is 20.1. The normalized spacial score (nSPS) is 8.37. The van der Waals surface area contributed by atoms with E-state index >= 15 is 0 Å². The smallest absolute Gasteiger partial charge is 0.0921 e. The van der Waals surface area contributed by atoms with Crippen LogP contribution in [0.4, 0.5) is 0 Å². The first-order valence-electron chi connectivity index (χ1n) is 18.3. The van der Waals surface area contributed by atoms with Crippen molar-refractivity contribution in [1.82, 2.24) is 9.97 Å². The highest BCUT2D eigenvalue weighted by molar-refractivity contribution is 6.07. The molecule has 1 heterocycles. The van der Waals surface area contributed by atoms with E-state index in [2.05, 4.69) is 87.9 Å². The molecule has 1 aliphatic carbocycles. The molecule has 0 fully saturated rings. The van der Waals surface area contributed by atoms with Crippen molar-refractivity contribution in [2.45, 2.75) is 175 Å². The highest BCUT2D eigenvalue weighted by atomic mass is 14.8. The summed E-state index contributed by atoms with van der Waals surface area (Å²) in [5.41, 5.74) is 12.7. The van der Waals surface area contributed by atoms with Crippen LogP contribution in [0.5, 0.6) is 0 Å². The van der Waals surface area contributed by atoms with Gasteiger partial charge >= 0.3 is 0 Å². The van der Waals surface area contributed by atoms with Crippen LogP contribution in [0.15, 0.2) is 48.8 Å². The quantitative estimate of drug-likeness (QED) is 0.152. The van der Waals surface area contributed by atoms with Crippen LogP contribution in [0.3, 0.4) is 0 Å². The Morgan fingerprint density at radius 2 is 0.653 bits per heavy atom. The molecular weight excluding hydrogens is 593 g/mol. The number of nitrogens with zero attached hydrogens (tertiary/aromatic N) is 2. The summed E-state index contributed by atoms with van der Waals surface area (Å²) in [5.74, 6) is 0. The Labute approximate surface area is 311 Å². The molecule has 5 rings (SSSR count). The lowest BCUT2D eigenvalue weighted by Gasteiger charge is -2.11. The number of aryl methyl sites for hydroxylation is 4. The van der Waals surface area contributed by atoms with Crippen molar-refractivity contribution < 1.29 is 0 Å². The lowest BCUT2D eigenvalue weighted by Crippen LogP contribution is -1.96. The number of hydrogen-bond donors (Lipinski definition) is 0. The summed E-state index contributed by atoms with van der Waals surface area (Å²) in [4.78, 5) is 8.76. The standard InChI is InChI=1S/C14H12.C12H14N2.C4H8.7C2H6.3CH4/c1-9-3-5-11-7-8-12-6-4-10(2)13(9)14(11)12;1-7-8(2)10(4)12-11(9(7)3)13-5-6-14-12;1-3-4-2;7*1-2;;;/h3-8H,1-2H3;5-6H,1-4H3;3-4H,1-2H3;7*1-2H3;3*1H4/b;;4-3-;;;;;;;;;;. The molecular formula is C47H88N2. The van der Waals surface area contributed by atoms with Crippen LogP contribution in [0, 0.1) is 41.5 Å². The maximum absolute atomic E-state index is 4.38. The highest BCUT2D eigenvalue weighted by Gasteiger charge is 2.11. The molecule has 0 saturated heterocycles. The number of benzene rings is 3. The van der Waals surface area contributed by atoms with Crippen LogP contribution in [0.2, 0.25) is 0 Å². The molecule has 0 amide bonds. The molecule has 0 aliphatic heterocycles. The predicted molar refractivity (Wildman–Crippen MR) is 241 cm³/mol. The van der Waals surface area contributed by atoms with Crippen molar-refractivity contribution in [1.29, 1.82) is 0 Å². The first kappa shape index (κ1) is 64.3. The Hall–Kier alpha value is -3.26. The van der Waals surface area contributed by atoms with E-state index in [-0.39, 0.29) is 22.3 Å². The predicted octanol–water partition coefficient (Wildman–Crippen LogP) is 17.5.